The van der Waals surface area contributed by atoms with E-state index in [0.717, 1.165) is 5.76 Å². The van der Waals surface area contributed by atoms with Gasteiger partial charge in [-0.1, -0.05) is 13.8 Å². The van der Waals surface area contributed by atoms with E-state index in [1.807, 2.05) is 6.92 Å². The lowest BCUT2D eigenvalue weighted by Gasteiger charge is -2.18. The molecule has 0 saturated heterocycles. The molecule has 1 aromatic heterocycles. The summed E-state index contributed by atoms with van der Waals surface area (Å²) >= 11 is 0. The zero-order valence-corrected chi connectivity index (χ0v) is 15.5. The Morgan fingerprint density at radius 2 is 1.84 bits per heavy atom. The highest BCUT2D eigenvalue weighted by atomic mass is 32.2. The monoisotopic (exact) mass is 365 g/mol. The van der Waals surface area contributed by atoms with Crippen molar-refractivity contribution in [2.24, 2.45) is 0 Å². The highest BCUT2D eigenvalue weighted by Crippen LogP contribution is 2.16. The minimum absolute atomic E-state index is 0.183. The summed E-state index contributed by atoms with van der Waals surface area (Å²) in [7, 11) is -3.51. The summed E-state index contributed by atoms with van der Waals surface area (Å²) in [6, 6.07) is 5.95. The second kappa shape index (κ2) is 8.26. The summed E-state index contributed by atoms with van der Waals surface area (Å²) in [5.74, 6) is 1.03. The maximum Gasteiger partial charge on any atom is 0.251 e. The Morgan fingerprint density at radius 3 is 2.36 bits per heavy atom. The first-order valence-corrected chi connectivity index (χ1v) is 9.62. The van der Waals surface area contributed by atoms with Crippen molar-refractivity contribution in [1.82, 2.24) is 14.6 Å². The molecule has 0 aliphatic heterocycles. The number of amides is 1. The van der Waals surface area contributed by atoms with Gasteiger partial charge >= 0.3 is 0 Å². The normalized spacial score (nSPS) is 11.7. The molecule has 0 bridgehead atoms. The van der Waals surface area contributed by atoms with E-state index in [2.05, 4.69) is 10.3 Å². The van der Waals surface area contributed by atoms with Gasteiger partial charge in [-0.15, -0.1) is 0 Å². The van der Waals surface area contributed by atoms with Gasteiger partial charge in [-0.3, -0.25) is 4.79 Å². The molecular formula is C17H23N3O4S. The number of hydrogen-bond acceptors (Lipinski definition) is 5. The first-order chi connectivity index (χ1) is 11.9. The third-order valence-electron chi connectivity index (χ3n) is 3.75. The fourth-order valence-electron chi connectivity index (χ4n) is 2.39. The Kier molecular flexibility index (Phi) is 6.33. The predicted octanol–water partition coefficient (Wildman–Crippen LogP) is 1.99. The molecule has 8 heteroatoms. The zero-order chi connectivity index (χ0) is 18.4. The average molecular weight is 365 g/mol. The lowest BCUT2D eigenvalue weighted by molar-refractivity contribution is 0.0953. The van der Waals surface area contributed by atoms with Crippen LogP contribution in [0.15, 0.2) is 39.8 Å². The number of aromatic nitrogens is 1. The topological polar surface area (TPSA) is 92.5 Å². The first-order valence-electron chi connectivity index (χ1n) is 8.18. The van der Waals surface area contributed by atoms with E-state index in [9.17, 15) is 13.2 Å². The van der Waals surface area contributed by atoms with Crippen molar-refractivity contribution in [3.63, 3.8) is 0 Å². The van der Waals surface area contributed by atoms with E-state index >= 15 is 0 Å². The van der Waals surface area contributed by atoms with Crippen molar-refractivity contribution in [2.75, 3.05) is 19.6 Å². The highest BCUT2D eigenvalue weighted by Gasteiger charge is 2.21. The molecule has 0 aliphatic carbocycles. The molecule has 0 saturated carbocycles. The molecule has 1 heterocycles. The third-order valence-corrected chi connectivity index (χ3v) is 5.82. The fourth-order valence-corrected chi connectivity index (χ4v) is 3.85. The Balaban J connectivity index is 1.98. The fraction of sp³-hybridized carbons (Fsp3) is 0.412. The quantitative estimate of drug-likeness (QED) is 0.772. The molecule has 0 radical (unpaired) electrons. The molecule has 0 aliphatic rings. The zero-order valence-electron chi connectivity index (χ0n) is 14.7. The van der Waals surface area contributed by atoms with Crippen LogP contribution < -0.4 is 5.32 Å². The summed E-state index contributed by atoms with van der Waals surface area (Å²) in [4.78, 5) is 16.4. The Morgan fingerprint density at radius 1 is 1.20 bits per heavy atom. The van der Waals surface area contributed by atoms with Crippen LogP contribution in [0.1, 0.15) is 35.9 Å². The maximum absolute atomic E-state index is 12.4. The number of aryl methyl sites for hydroxylation is 1. The van der Waals surface area contributed by atoms with Gasteiger partial charge in [-0.05, 0) is 31.2 Å². The van der Waals surface area contributed by atoms with Crippen LogP contribution in [0.25, 0.3) is 0 Å². The van der Waals surface area contributed by atoms with Crippen LogP contribution in [0.5, 0.6) is 0 Å². The van der Waals surface area contributed by atoms with Crippen molar-refractivity contribution in [3.8, 4) is 0 Å². The minimum atomic E-state index is -3.51. The number of nitrogens with one attached hydrogen (secondary N) is 1. The van der Waals surface area contributed by atoms with Gasteiger partial charge in [0.15, 0.2) is 5.89 Å². The summed E-state index contributed by atoms with van der Waals surface area (Å²) in [5, 5.41) is 2.76. The standard InChI is InChI=1S/C17H23N3O4S/c1-4-20(5-2)25(22,23)15-8-6-14(7-9-15)17(21)18-11-10-16-19-12-13(3)24-16/h6-9,12H,4-5,10-11H2,1-3H3,(H,18,21). The number of oxazole rings is 1. The summed E-state index contributed by atoms with van der Waals surface area (Å²) < 4.78 is 31.5. The van der Waals surface area contributed by atoms with E-state index < -0.39 is 10.0 Å². The Hall–Kier alpha value is -2.19. The minimum Gasteiger partial charge on any atom is -0.446 e. The third kappa shape index (κ3) is 4.67. The molecule has 2 aromatic rings. The molecule has 0 spiro atoms. The molecule has 7 nitrogen and oxygen atoms in total. The van der Waals surface area contributed by atoms with Crippen LogP contribution in [0, 0.1) is 6.92 Å². The van der Waals surface area contributed by atoms with Gasteiger partial charge in [-0.2, -0.15) is 4.31 Å². The largest absolute Gasteiger partial charge is 0.446 e. The van der Waals surface area contributed by atoms with Crippen LogP contribution in [0.3, 0.4) is 0 Å². The van der Waals surface area contributed by atoms with Gasteiger partial charge in [0, 0.05) is 31.6 Å². The van der Waals surface area contributed by atoms with Gasteiger partial charge in [0.05, 0.1) is 11.1 Å². The van der Waals surface area contributed by atoms with E-state index in [-0.39, 0.29) is 10.8 Å². The molecule has 0 fully saturated rings. The molecule has 1 aromatic carbocycles. The smallest absolute Gasteiger partial charge is 0.251 e. The van der Waals surface area contributed by atoms with Crippen LogP contribution in [-0.2, 0) is 16.4 Å². The molecule has 1 amide bonds. The number of sulfonamides is 1. The average Bonchev–Trinajstić information content (AvgIpc) is 3.01. The van der Waals surface area contributed by atoms with Crippen molar-refractivity contribution in [3.05, 3.63) is 47.7 Å². The van der Waals surface area contributed by atoms with Crippen LogP contribution in [0.2, 0.25) is 0 Å². The van der Waals surface area contributed by atoms with Crippen LogP contribution in [0.4, 0.5) is 0 Å². The molecule has 2 rings (SSSR count). The number of benzene rings is 1. The van der Waals surface area contributed by atoms with Crippen molar-refractivity contribution in [1.29, 1.82) is 0 Å². The molecular weight excluding hydrogens is 342 g/mol. The molecule has 0 atom stereocenters. The first kappa shape index (κ1) is 19.1. The van der Waals surface area contributed by atoms with Crippen LogP contribution >= 0.6 is 0 Å². The Labute approximate surface area is 148 Å². The maximum atomic E-state index is 12.4. The van der Waals surface area contributed by atoms with Gasteiger partial charge < -0.3 is 9.73 Å². The van der Waals surface area contributed by atoms with E-state index in [4.69, 9.17) is 4.42 Å². The predicted molar refractivity (Wildman–Crippen MR) is 93.8 cm³/mol. The van der Waals surface area contributed by atoms with E-state index in [0.29, 0.717) is 37.5 Å². The number of carbonyl (C=O) groups is 1. The number of carbonyl (C=O) groups excluding carboxylic acids is 1. The molecule has 0 unspecified atom stereocenters. The Bertz CT molecular complexity index is 809. The van der Waals surface area contributed by atoms with Gasteiger partial charge in [0.1, 0.15) is 5.76 Å². The summed E-state index contributed by atoms with van der Waals surface area (Å²) in [5.41, 5.74) is 0.405. The van der Waals surface area contributed by atoms with Gasteiger partial charge in [-0.25, -0.2) is 13.4 Å². The highest BCUT2D eigenvalue weighted by molar-refractivity contribution is 7.89. The molecule has 25 heavy (non-hydrogen) atoms. The van der Waals surface area contributed by atoms with Gasteiger partial charge in [0.2, 0.25) is 10.0 Å². The lowest BCUT2D eigenvalue weighted by atomic mass is 10.2. The molecule has 136 valence electrons. The van der Waals surface area contributed by atoms with Crippen LogP contribution in [-0.4, -0.2) is 43.2 Å². The second-order valence-electron chi connectivity index (χ2n) is 5.48. The SMILES string of the molecule is CCN(CC)S(=O)(=O)c1ccc(C(=O)NCCc2ncc(C)o2)cc1. The van der Waals surface area contributed by atoms with Crippen molar-refractivity contribution >= 4 is 15.9 Å². The van der Waals surface area contributed by atoms with E-state index in [1.165, 1.54) is 28.6 Å². The summed E-state index contributed by atoms with van der Waals surface area (Å²) in [6.45, 7) is 6.58. The van der Waals surface area contributed by atoms with Gasteiger partial charge in [0.25, 0.3) is 5.91 Å². The summed E-state index contributed by atoms with van der Waals surface area (Å²) in [6.07, 6.45) is 2.13. The van der Waals surface area contributed by atoms with Crippen molar-refractivity contribution < 1.29 is 17.6 Å². The number of nitrogens with zero attached hydrogens (tertiary/aromatic N) is 2. The molecule has 1 N–H and O–H groups in total. The van der Waals surface area contributed by atoms with Crippen molar-refractivity contribution in [2.45, 2.75) is 32.1 Å². The number of rotatable bonds is 8. The second-order valence-corrected chi connectivity index (χ2v) is 7.42. The number of hydrogen-bond donors (Lipinski definition) is 1. The lowest BCUT2D eigenvalue weighted by Crippen LogP contribution is -2.30. The van der Waals surface area contributed by atoms with E-state index in [1.54, 1.807) is 20.0 Å².